The van der Waals surface area contributed by atoms with Gasteiger partial charge in [-0.3, -0.25) is 4.79 Å². The average Bonchev–Trinajstić information content (AvgIpc) is 2.99. The number of nitrogens with one attached hydrogen (secondary N) is 1. The number of carbonyl (C=O) groups is 1. The van der Waals surface area contributed by atoms with Gasteiger partial charge in [-0.05, 0) is 24.3 Å². The van der Waals surface area contributed by atoms with Crippen molar-refractivity contribution in [2.75, 3.05) is 6.61 Å². The van der Waals surface area contributed by atoms with Crippen LogP contribution < -0.4 is 10.2 Å². The van der Waals surface area contributed by atoms with Gasteiger partial charge >= 0.3 is 0 Å². The van der Waals surface area contributed by atoms with Gasteiger partial charge in [0, 0.05) is 27.1 Å². The fraction of sp³-hybridized carbons (Fsp3) is 0.105. The zero-order valence-electron chi connectivity index (χ0n) is 13.7. The van der Waals surface area contributed by atoms with Gasteiger partial charge in [0.1, 0.15) is 12.3 Å². The number of para-hydroxylation sites is 1. The van der Waals surface area contributed by atoms with E-state index >= 15 is 0 Å². The molecule has 0 saturated heterocycles. The molecule has 1 amide bonds. The number of carbonyl (C=O) groups excluding carboxylic acids is 1. The van der Waals surface area contributed by atoms with Crippen molar-refractivity contribution in [3.05, 3.63) is 64.8 Å². The molecule has 1 aromatic heterocycles. The number of halogens is 1. The number of amides is 1. The highest BCUT2D eigenvalue weighted by Crippen LogP contribution is 2.20. The number of aromatic nitrogens is 1. The van der Waals surface area contributed by atoms with Crippen LogP contribution in [0.25, 0.3) is 10.9 Å². The first-order chi connectivity index (χ1) is 12.7. The predicted octanol–water partition coefficient (Wildman–Crippen LogP) is 3.46. The maximum absolute atomic E-state index is 11.9. The Morgan fingerprint density at radius 2 is 2.15 bits per heavy atom. The van der Waals surface area contributed by atoms with Crippen molar-refractivity contribution in [3.8, 4) is 11.8 Å². The van der Waals surface area contributed by atoms with Gasteiger partial charge in [-0.25, -0.2) is 5.43 Å². The standard InChI is InChI=1S/C19H15BrN4O2/c20-15-4-3-5-16(10-15)26-13-19(25)23-22-11-14-12-24(9-8-21)18-7-2-1-6-17(14)18/h1-7,10-12H,9,13H2,(H,23,25). The third-order valence-electron chi connectivity index (χ3n) is 3.62. The lowest BCUT2D eigenvalue weighted by atomic mass is 10.2. The summed E-state index contributed by atoms with van der Waals surface area (Å²) in [5, 5.41) is 13.9. The number of nitrogens with zero attached hydrogens (tertiary/aromatic N) is 3. The van der Waals surface area contributed by atoms with Crippen molar-refractivity contribution in [2.45, 2.75) is 6.54 Å². The second-order valence-electron chi connectivity index (χ2n) is 5.43. The third kappa shape index (κ3) is 4.29. The molecule has 0 unspecified atom stereocenters. The molecular formula is C19H15BrN4O2. The van der Waals surface area contributed by atoms with E-state index in [2.05, 4.69) is 32.5 Å². The van der Waals surface area contributed by atoms with E-state index in [0.29, 0.717) is 5.75 Å². The van der Waals surface area contributed by atoms with E-state index in [1.165, 1.54) is 0 Å². The van der Waals surface area contributed by atoms with Crippen molar-refractivity contribution >= 4 is 39.0 Å². The van der Waals surface area contributed by atoms with Crippen LogP contribution in [0.3, 0.4) is 0 Å². The topological polar surface area (TPSA) is 79.4 Å². The maximum atomic E-state index is 11.9. The van der Waals surface area contributed by atoms with Crippen LogP contribution >= 0.6 is 15.9 Å². The minimum Gasteiger partial charge on any atom is -0.484 e. The first kappa shape index (κ1) is 17.7. The molecule has 6 nitrogen and oxygen atoms in total. The summed E-state index contributed by atoms with van der Waals surface area (Å²) >= 11 is 3.34. The van der Waals surface area contributed by atoms with Crippen LogP contribution in [-0.4, -0.2) is 23.3 Å². The fourth-order valence-corrected chi connectivity index (χ4v) is 2.88. The summed E-state index contributed by atoms with van der Waals surface area (Å²) < 4.78 is 8.12. The van der Waals surface area contributed by atoms with Crippen LogP contribution in [-0.2, 0) is 11.3 Å². The molecule has 0 aliphatic heterocycles. The summed E-state index contributed by atoms with van der Waals surface area (Å²) in [7, 11) is 0. The molecule has 0 spiro atoms. The van der Waals surface area contributed by atoms with E-state index in [4.69, 9.17) is 10.00 Å². The highest BCUT2D eigenvalue weighted by molar-refractivity contribution is 9.10. The number of fused-ring (bicyclic) bond motifs is 1. The molecule has 0 atom stereocenters. The zero-order valence-corrected chi connectivity index (χ0v) is 15.3. The number of hydrogen-bond donors (Lipinski definition) is 1. The summed E-state index contributed by atoms with van der Waals surface area (Å²) in [5.74, 6) is 0.236. The Morgan fingerprint density at radius 1 is 1.31 bits per heavy atom. The second kappa shape index (κ2) is 8.32. The van der Waals surface area contributed by atoms with E-state index in [-0.39, 0.29) is 19.1 Å². The number of rotatable bonds is 6. The lowest BCUT2D eigenvalue weighted by Gasteiger charge is -2.04. The van der Waals surface area contributed by atoms with Crippen molar-refractivity contribution in [1.29, 1.82) is 5.26 Å². The third-order valence-corrected chi connectivity index (χ3v) is 4.11. The van der Waals surface area contributed by atoms with Gasteiger partial charge < -0.3 is 9.30 Å². The molecule has 0 radical (unpaired) electrons. The summed E-state index contributed by atoms with van der Waals surface area (Å²) in [6.45, 7) is 0.116. The second-order valence-corrected chi connectivity index (χ2v) is 6.34. The van der Waals surface area contributed by atoms with E-state index in [0.717, 1.165) is 20.9 Å². The van der Waals surface area contributed by atoms with Gasteiger partial charge in [-0.15, -0.1) is 0 Å². The van der Waals surface area contributed by atoms with E-state index in [9.17, 15) is 4.79 Å². The maximum Gasteiger partial charge on any atom is 0.277 e. The predicted molar refractivity (Wildman–Crippen MR) is 103 cm³/mol. The normalized spacial score (nSPS) is 10.8. The first-order valence-corrected chi connectivity index (χ1v) is 8.62. The van der Waals surface area contributed by atoms with Gasteiger partial charge in [0.2, 0.25) is 0 Å². The SMILES string of the molecule is N#CCn1cc(C=NNC(=O)COc2cccc(Br)c2)c2ccccc21. The van der Waals surface area contributed by atoms with Gasteiger partial charge in [-0.1, -0.05) is 40.2 Å². The number of ether oxygens (including phenoxy) is 1. The summed E-state index contributed by atoms with van der Waals surface area (Å²) in [5.41, 5.74) is 4.21. The number of nitriles is 1. The molecule has 130 valence electrons. The summed E-state index contributed by atoms with van der Waals surface area (Å²) in [4.78, 5) is 11.9. The minimum absolute atomic E-state index is 0.135. The average molecular weight is 411 g/mol. The molecule has 0 bridgehead atoms. The van der Waals surface area contributed by atoms with Gasteiger partial charge in [0.25, 0.3) is 5.91 Å². The first-order valence-electron chi connectivity index (χ1n) is 7.82. The molecule has 0 fully saturated rings. The number of benzene rings is 2. The Kier molecular flexibility index (Phi) is 5.66. The van der Waals surface area contributed by atoms with Crippen LogP contribution in [0, 0.1) is 11.3 Å². The van der Waals surface area contributed by atoms with Crippen LogP contribution in [0.1, 0.15) is 5.56 Å². The molecule has 3 aromatic rings. The molecule has 0 aliphatic carbocycles. The van der Waals surface area contributed by atoms with Crippen LogP contribution in [0.5, 0.6) is 5.75 Å². The fourth-order valence-electron chi connectivity index (χ4n) is 2.50. The zero-order chi connectivity index (χ0) is 18.4. The quantitative estimate of drug-likeness (QED) is 0.499. The highest BCUT2D eigenvalue weighted by Gasteiger charge is 2.06. The van der Waals surface area contributed by atoms with Crippen LogP contribution in [0.4, 0.5) is 0 Å². The van der Waals surface area contributed by atoms with Gasteiger partial charge in [0.05, 0.1) is 12.3 Å². The molecule has 0 saturated carbocycles. The van der Waals surface area contributed by atoms with Crippen molar-refractivity contribution in [1.82, 2.24) is 9.99 Å². The number of hydrazone groups is 1. The molecule has 3 rings (SSSR count). The van der Waals surface area contributed by atoms with E-state index in [1.54, 1.807) is 18.3 Å². The monoisotopic (exact) mass is 410 g/mol. The lowest BCUT2D eigenvalue weighted by Crippen LogP contribution is -2.24. The molecule has 26 heavy (non-hydrogen) atoms. The molecular weight excluding hydrogens is 396 g/mol. The molecule has 1 N–H and O–H groups in total. The molecule has 1 heterocycles. The van der Waals surface area contributed by atoms with Crippen molar-refractivity contribution in [3.63, 3.8) is 0 Å². The molecule has 7 heteroatoms. The van der Waals surface area contributed by atoms with Gasteiger partial charge in [0.15, 0.2) is 6.61 Å². The Bertz CT molecular complexity index is 1000. The summed E-state index contributed by atoms with van der Waals surface area (Å²) in [6, 6.07) is 17.1. The summed E-state index contributed by atoms with van der Waals surface area (Å²) in [6.07, 6.45) is 3.40. The van der Waals surface area contributed by atoms with Crippen LogP contribution in [0.2, 0.25) is 0 Å². The Labute approximate surface area is 158 Å². The molecule has 0 aliphatic rings. The number of hydrogen-bond acceptors (Lipinski definition) is 4. The smallest absolute Gasteiger partial charge is 0.277 e. The highest BCUT2D eigenvalue weighted by atomic mass is 79.9. The largest absolute Gasteiger partial charge is 0.484 e. The Balaban J connectivity index is 1.62. The van der Waals surface area contributed by atoms with Crippen molar-refractivity contribution in [2.24, 2.45) is 5.10 Å². The van der Waals surface area contributed by atoms with Crippen LogP contribution in [0.15, 0.2) is 64.3 Å². The molecule has 2 aromatic carbocycles. The Morgan fingerprint density at radius 3 is 2.96 bits per heavy atom. The lowest BCUT2D eigenvalue weighted by molar-refractivity contribution is -0.123. The van der Waals surface area contributed by atoms with E-state index < -0.39 is 0 Å². The van der Waals surface area contributed by atoms with E-state index in [1.807, 2.05) is 47.2 Å². The van der Waals surface area contributed by atoms with Crippen molar-refractivity contribution < 1.29 is 9.53 Å². The van der Waals surface area contributed by atoms with Gasteiger partial charge in [-0.2, -0.15) is 10.4 Å². The minimum atomic E-state index is -0.359. The Hall–Kier alpha value is -3.11.